The van der Waals surface area contributed by atoms with E-state index in [-0.39, 0.29) is 0 Å². The number of benzene rings is 1. The highest BCUT2D eigenvalue weighted by atomic mass is 16.6. The fourth-order valence-electron chi connectivity index (χ4n) is 1.21. The predicted octanol–water partition coefficient (Wildman–Crippen LogP) is 1.25. The van der Waals surface area contributed by atoms with Crippen LogP contribution in [0.4, 0.5) is 0 Å². The van der Waals surface area contributed by atoms with Crippen molar-refractivity contribution < 1.29 is 14.3 Å². The summed E-state index contributed by atoms with van der Waals surface area (Å²) in [4.78, 5) is 23.0. The van der Waals surface area contributed by atoms with E-state index in [9.17, 15) is 9.59 Å². The average molecular weight is 236 g/mol. The molecule has 0 spiro atoms. The molecule has 1 amide bonds. The smallest absolute Gasteiger partial charge is 0.338 e. The minimum absolute atomic E-state index is 0.316. The quantitative estimate of drug-likeness (QED) is 0.350. The molecule has 0 atom stereocenters. The van der Waals surface area contributed by atoms with Crippen molar-refractivity contribution in [2.24, 2.45) is 5.84 Å². The Hall–Kier alpha value is -1.88. The molecular formula is C12H16N2O3. The van der Waals surface area contributed by atoms with Crippen molar-refractivity contribution in [3.8, 4) is 0 Å². The van der Waals surface area contributed by atoms with E-state index in [2.05, 4.69) is 0 Å². The van der Waals surface area contributed by atoms with Crippen LogP contribution in [0.3, 0.4) is 0 Å². The van der Waals surface area contributed by atoms with Crippen molar-refractivity contribution in [3.05, 3.63) is 35.4 Å². The number of hydrogen-bond acceptors (Lipinski definition) is 4. The lowest BCUT2D eigenvalue weighted by Gasteiger charge is -2.19. The van der Waals surface area contributed by atoms with Crippen LogP contribution < -0.4 is 11.3 Å². The van der Waals surface area contributed by atoms with Crippen molar-refractivity contribution in [2.45, 2.75) is 26.4 Å². The van der Waals surface area contributed by atoms with Gasteiger partial charge in [0.05, 0.1) is 5.56 Å². The summed E-state index contributed by atoms with van der Waals surface area (Å²) in [5, 5.41) is 0. The maximum atomic E-state index is 11.7. The van der Waals surface area contributed by atoms with Crippen molar-refractivity contribution in [2.75, 3.05) is 0 Å². The van der Waals surface area contributed by atoms with E-state index in [0.717, 1.165) is 0 Å². The molecule has 0 aliphatic heterocycles. The van der Waals surface area contributed by atoms with Crippen LogP contribution in [0.1, 0.15) is 41.5 Å². The lowest BCUT2D eigenvalue weighted by Crippen LogP contribution is -2.30. The SMILES string of the molecule is CC(C)(C)OC(=O)c1cccc(C(=O)NN)c1. The second-order valence-electron chi connectivity index (χ2n) is 4.56. The third kappa shape index (κ3) is 3.88. The van der Waals surface area contributed by atoms with E-state index in [1.165, 1.54) is 6.07 Å². The van der Waals surface area contributed by atoms with Gasteiger partial charge in [-0.05, 0) is 39.0 Å². The summed E-state index contributed by atoms with van der Waals surface area (Å²) in [5.41, 5.74) is 2.07. The van der Waals surface area contributed by atoms with Gasteiger partial charge in [0, 0.05) is 5.56 Å². The Kier molecular flexibility index (Phi) is 3.85. The summed E-state index contributed by atoms with van der Waals surface area (Å²) >= 11 is 0. The van der Waals surface area contributed by atoms with Crippen molar-refractivity contribution in [1.82, 2.24) is 5.43 Å². The standard InChI is InChI=1S/C12H16N2O3/c1-12(2,3)17-11(16)9-6-4-5-8(7-9)10(15)14-13/h4-7H,13H2,1-3H3,(H,14,15). The summed E-state index contributed by atoms with van der Waals surface area (Å²) in [6.07, 6.45) is 0. The van der Waals surface area contributed by atoms with Crippen molar-refractivity contribution in [3.63, 3.8) is 0 Å². The molecule has 0 aliphatic rings. The van der Waals surface area contributed by atoms with Crippen LogP contribution in [0.15, 0.2) is 24.3 Å². The fourth-order valence-corrected chi connectivity index (χ4v) is 1.21. The number of nitrogens with two attached hydrogens (primary N) is 1. The van der Waals surface area contributed by atoms with Crippen molar-refractivity contribution in [1.29, 1.82) is 0 Å². The van der Waals surface area contributed by atoms with Gasteiger partial charge in [-0.1, -0.05) is 6.07 Å². The number of hydrogen-bond donors (Lipinski definition) is 2. The number of carbonyl (C=O) groups excluding carboxylic acids is 2. The first-order chi connectivity index (χ1) is 7.83. The van der Waals surface area contributed by atoms with Gasteiger partial charge in [0.25, 0.3) is 5.91 Å². The van der Waals surface area contributed by atoms with E-state index in [4.69, 9.17) is 10.6 Å². The molecule has 0 saturated carbocycles. The molecule has 0 heterocycles. The third-order valence-corrected chi connectivity index (χ3v) is 1.89. The number of nitrogens with one attached hydrogen (secondary N) is 1. The molecule has 3 N–H and O–H groups in total. The van der Waals surface area contributed by atoms with Crippen LogP contribution in [0.25, 0.3) is 0 Å². The Bertz CT molecular complexity index is 436. The zero-order valence-electron chi connectivity index (χ0n) is 10.1. The number of amides is 1. The minimum Gasteiger partial charge on any atom is -0.456 e. The molecule has 1 aromatic carbocycles. The fraction of sp³-hybridized carbons (Fsp3) is 0.333. The van der Waals surface area contributed by atoms with Crippen LogP contribution in [-0.4, -0.2) is 17.5 Å². The Morgan fingerprint density at radius 1 is 1.24 bits per heavy atom. The van der Waals surface area contributed by atoms with Gasteiger partial charge in [-0.15, -0.1) is 0 Å². The second-order valence-corrected chi connectivity index (χ2v) is 4.56. The number of esters is 1. The summed E-state index contributed by atoms with van der Waals surface area (Å²) in [7, 11) is 0. The number of rotatable bonds is 2. The van der Waals surface area contributed by atoms with Crippen LogP contribution in [0, 0.1) is 0 Å². The van der Waals surface area contributed by atoms with Gasteiger partial charge in [-0.3, -0.25) is 10.2 Å². The molecule has 5 nitrogen and oxygen atoms in total. The normalized spacial score (nSPS) is 10.8. The van der Waals surface area contributed by atoms with Gasteiger partial charge < -0.3 is 4.74 Å². The number of hydrazine groups is 1. The van der Waals surface area contributed by atoms with Gasteiger partial charge in [-0.25, -0.2) is 10.6 Å². The zero-order valence-corrected chi connectivity index (χ0v) is 10.1. The Labute approximate surface area is 99.9 Å². The highest BCUT2D eigenvalue weighted by Gasteiger charge is 2.18. The number of carbonyl (C=O) groups is 2. The van der Waals surface area contributed by atoms with Crippen molar-refractivity contribution >= 4 is 11.9 Å². The molecule has 1 rings (SSSR count). The van der Waals surface area contributed by atoms with Crippen LogP contribution in [-0.2, 0) is 4.74 Å². The molecule has 17 heavy (non-hydrogen) atoms. The summed E-state index contributed by atoms with van der Waals surface area (Å²) in [5.74, 6) is 4.10. The topological polar surface area (TPSA) is 81.4 Å². The van der Waals surface area contributed by atoms with Gasteiger partial charge in [0.2, 0.25) is 0 Å². The monoisotopic (exact) mass is 236 g/mol. The summed E-state index contributed by atoms with van der Waals surface area (Å²) in [6, 6.07) is 6.19. The van der Waals surface area contributed by atoms with Gasteiger partial charge in [-0.2, -0.15) is 0 Å². The Morgan fingerprint density at radius 3 is 2.35 bits per heavy atom. The molecule has 0 unspecified atom stereocenters. The maximum absolute atomic E-state index is 11.7. The molecule has 0 aromatic heterocycles. The van der Waals surface area contributed by atoms with Crippen LogP contribution in [0.5, 0.6) is 0 Å². The third-order valence-electron chi connectivity index (χ3n) is 1.89. The van der Waals surface area contributed by atoms with E-state index in [1.807, 2.05) is 5.43 Å². The van der Waals surface area contributed by atoms with E-state index >= 15 is 0 Å². The first-order valence-electron chi connectivity index (χ1n) is 5.18. The molecule has 0 fully saturated rings. The molecule has 0 saturated heterocycles. The maximum Gasteiger partial charge on any atom is 0.338 e. The lowest BCUT2D eigenvalue weighted by atomic mass is 10.1. The van der Waals surface area contributed by atoms with Gasteiger partial charge in [0.15, 0.2) is 0 Å². The molecular weight excluding hydrogens is 220 g/mol. The van der Waals surface area contributed by atoms with Crippen LogP contribution >= 0.6 is 0 Å². The highest BCUT2D eigenvalue weighted by Crippen LogP contribution is 2.13. The molecule has 1 aromatic rings. The molecule has 0 radical (unpaired) electrons. The molecule has 0 bridgehead atoms. The van der Waals surface area contributed by atoms with Crippen LogP contribution in [0.2, 0.25) is 0 Å². The molecule has 92 valence electrons. The summed E-state index contributed by atoms with van der Waals surface area (Å²) < 4.78 is 5.19. The Morgan fingerprint density at radius 2 is 1.82 bits per heavy atom. The minimum atomic E-state index is -0.566. The van der Waals surface area contributed by atoms with Gasteiger partial charge >= 0.3 is 5.97 Å². The summed E-state index contributed by atoms with van der Waals surface area (Å²) in [6.45, 7) is 5.34. The lowest BCUT2D eigenvalue weighted by molar-refractivity contribution is 0.00695. The first-order valence-corrected chi connectivity index (χ1v) is 5.18. The average Bonchev–Trinajstić information content (AvgIpc) is 2.26. The zero-order chi connectivity index (χ0) is 13.1. The van der Waals surface area contributed by atoms with E-state index in [1.54, 1.807) is 39.0 Å². The highest BCUT2D eigenvalue weighted by molar-refractivity contribution is 5.97. The molecule has 5 heteroatoms. The second kappa shape index (κ2) is 4.97. The molecule has 0 aliphatic carbocycles. The number of nitrogen functional groups attached to an aromatic ring is 1. The first kappa shape index (κ1) is 13.2. The number of ether oxygens (including phenoxy) is 1. The van der Waals surface area contributed by atoms with E-state index in [0.29, 0.717) is 11.1 Å². The van der Waals surface area contributed by atoms with Gasteiger partial charge in [0.1, 0.15) is 5.60 Å². The predicted molar refractivity (Wildman–Crippen MR) is 63.3 cm³/mol. The largest absolute Gasteiger partial charge is 0.456 e. The Balaban J connectivity index is 2.92. The van der Waals surface area contributed by atoms with E-state index < -0.39 is 17.5 Å².